The molecule has 5 rings (SSSR count). The lowest BCUT2D eigenvalue weighted by molar-refractivity contribution is -0.132. The topological polar surface area (TPSA) is 115 Å². The van der Waals surface area contributed by atoms with Crippen molar-refractivity contribution in [2.24, 2.45) is 11.8 Å². The minimum Gasteiger partial charge on any atom is -0.484 e. The zero-order chi connectivity index (χ0) is 21.4. The molecule has 3 aromatic rings. The van der Waals surface area contributed by atoms with Crippen molar-refractivity contribution in [1.29, 1.82) is 5.26 Å². The fraction of sp³-hybridized carbons (Fsp3) is 0.318. The summed E-state index contributed by atoms with van der Waals surface area (Å²) in [5.41, 5.74) is 2.55. The van der Waals surface area contributed by atoms with Crippen molar-refractivity contribution in [1.82, 2.24) is 25.2 Å². The second-order valence-corrected chi connectivity index (χ2v) is 7.98. The van der Waals surface area contributed by atoms with Gasteiger partial charge in [-0.25, -0.2) is 0 Å². The largest absolute Gasteiger partial charge is 0.484 e. The van der Waals surface area contributed by atoms with Gasteiger partial charge in [0.1, 0.15) is 16.8 Å². The van der Waals surface area contributed by atoms with Crippen LogP contribution in [-0.4, -0.2) is 69.8 Å². The lowest BCUT2D eigenvalue weighted by Gasteiger charge is -2.22. The van der Waals surface area contributed by atoms with Crippen LogP contribution >= 0.6 is 0 Å². The standard InChI is InChI=1S/C22H20N6O3/c23-8-14-1-4-18(5-2-14)31-13-21(29)27-9-16-11-28(12-17(16)10-27)22(30)15-3-6-19-20(7-15)25-26-24-19/h1-7,16-17H,9-13H2,(H,24,25,26)/t16-,17-/m0/s1. The van der Waals surface area contributed by atoms with Gasteiger partial charge in [0.15, 0.2) is 6.61 Å². The maximum absolute atomic E-state index is 12.9. The van der Waals surface area contributed by atoms with Crippen LogP contribution in [0.3, 0.4) is 0 Å². The smallest absolute Gasteiger partial charge is 0.260 e. The van der Waals surface area contributed by atoms with E-state index in [0.29, 0.717) is 48.6 Å². The Kier molecular flexibility index (Phi) is 4.75. The van der Waals surface area contributed by atoms with Crippen LogP contribution in [-0.2, 0) is 4.79 Å². The number of aromatic amines is 1. The highest BCUT2D eigenvalue weighted by Crippen LogP contribution is 2.32. The highest BCUT2D eigenvalue weighted by atomic mass is 16.5. The van der Waals surface area contributed by atoms with E-state index in [1.54, 1.807) is 42.5 Å². The second kappa shape index (κ2) is 7.72. The minimum atomic E-state index is -0.0619. The van der Waals surface area contributed by atoms with Crippen molar-refractivity contribution in [2.45, 2.75) is 0 Å². The maximum Gasteiger partial charge on any atom is 0.260 e. The van der Waals surface area contributed by atoms with Crippen LogP contribution in [0.25, 0.3) is 11.0 Å². The highest BCUT2D eigenvalue weighted by Gasteiger charge is 2.43. The summed E-state index contributed by atoms with van der Waals surface area (Å²) in [6.45, 7) is 2.51. The third-order valence-corrected chi connectivity index (χ3v) is 6.04. The lowest BCUT2D eigenvalue weighted by Crippen LogP contribution is -2.37. The summed E-state index contributed by atoms with van der Waals surface area (Å²) in [5, 5.41) is 19.5. The molecule has 2 aliphatic heterocycles. The van der Waals surface area contributed by atoms with Gasteiger partial charge >= 0.3 is 0 Å². The van der Waals surface area contributed by atoms with E-state index in [9.17, 15) is 9.59 Å². The molecule has 3 heterocycles. The minimum absolute atomic E-state index is 0.0127. The van der Waals surface area contributed by atoms with Gasteiger partial charge in [0, 0.05) is 43.6 Å². The SMILES string of the molecule is N#Cc1ccc(OCC(=O)N2C[C@H]3CN(C(=O)c4ccc5n[nH]nc5c4)C[C@@H]3C2)cc1. The number of hydrogen-bond acceptors (Lipinski definition) is 6. The summed E-state index contributed by atoms with van der Waals surface area (Å²) < 4.78 is 5.57. The average molecular weight is 416 g/mol. The number of likely N-dealkylation sites (tertiary alicyclic amines) is 2. The number of carbonyl (C=O) groups is 2. The first-order chi connectivity index (χ1) is 15.1. The number of ether oxygens (including phenoxy) is 1. The molecule has 1 N–H and O–H groups in total. The number of rotatable bonds is 4. The molecule has 0 aliphatic carbocycles. The van der Waals surface area contributed by atoms with E-state index in [4.69, 9.17) is 10.00 Å². The number of nitriles is 1. The highest BCUT2D eigenvalue weighted by molar-refractivity contribution is 5.97. The molecule has 0 radical (unpaired) electrons. The summed E-state index contributed by atoms with van der Waals surface area (Å²) >= 11 is 0. The molecule has 2 saturated heterocycles. The first kappa shape index (κ1) is 19.1. The Morgan fingerprint density at radius 3 is 2.39 bits per heavy atom. The number of fused-ring (bicyclic) bond motifs is 2. The van der Waals surface area contributed by atoms with Crippen molar-refractivity contribution in [3.8, 4) is 11.8 Å². The first-order valence-corrected chi connectivity index (χ1v) is 10.1. The zero-order valence-electron chi connectivity index (χ0n) is 16.7. The molecule has 156 valence electrons. The van der Waals surface area contributed by atoms with Crippen molar-refractivity contribution in [3.05, 3.63) is 53.6 Å². The van der Waals surface area contributed by atoms with Crippen molar-refractivity contribution >= 4 is 22.8 Å². The zero-order valence-corrected chi connectivity index (χ0v) is 16.7. The fourth-order valence-corrected chi connectivity index (χ4v) is 4.38. The normalized spacial score (nSPS) is 20.0. The van der Waals surface area contributed by atoms with E-state index in [2.05, 4.69) is 15.4 Å². The Morgan fingerprint density at radius 1 is 1.00 bits per heavy atom. The number of aromatic nitrogens is 3. The molecule has 0 bridgehead atoms. The van der Waals surface area contributed by atoms with Crippen LogP contribution < -0.4 is 4.74 Å². The number of carbonyl (C=O) groups excluding carboxylic acids is 2. The van der Waals surface area contributed by atoms with E-state index in [-0.39, 0.29) is 30.3 Å². The lowest BCUT2D eigenvalue weighted by atomic mass is 10.0. The molecule has 0 saturated carbocycles. The Morgan fingerprint density at radius 2 is 1.68 bits per heavy atom. The predicted molar refractivity (Wildman–Crippen MR) is 110 cm³/mol. The van der Waals surface area contributed by atoms with Crippen molar-refractivity contribution in [3.63, 3.8) is 0 Å². The summed E-state index contributed by atoms with van der Waals surface area (Å²) in [6, 6.07) is 14.1. The van der Waals surface area contributed by atoms with Crippen LogP contribution in [0.4, 0.5) is 0 Å². The molecule has 2 aliphatic rings. The number of benzene rings is 2. The summed E-state index contributed by atoms with van der Waals surface area (Å²) in [4.78, 5) is 29.2. The molecule has 2 aromatic carbocycles. The summed E-state index contributed by atoms with van der Waals surface area (Å²) in [7, 11) is 0. The Hall–Kier alpha value is -3.93. The molecule has 1 aromatic heterocycles. The first-order valence-electron chi connectivity index (χ1n) is 10.1. The molecule has 9 heteroatoms. The van der Waals surface area contributed by atoms with Crippen LogP contribution in [0.5, 0.6) is 5.75 Å². The average Bonchev–Trinajstić information content (AvgIpc) is 3.51. The van der Waals surface area contributed by atoms with E-state index in [1.807, 2.05) is 15.9 Å². The molecular formula is C22H20N6O3. The second-order valence-electron chi connectivity index (χ2n) is 7.98. The number of nitrogens with zero attached hydrogens (tertiary/aromatic N) is 5. The van der Waals surface area contributed by atoms with Gasteiger partial charge in [0.2, 0.25) is 0 Å². The van der Waals surface area contributed by atoms with E-state index >= 15 is 0 Å². The third kappa shape index (κ3) is 3.68. The third-order valence-electron chi connectivity index (χ3n) is 6.04. The summed E-state index contributed by atoms with van der Waals surface area (Å²) in [5.74, 6) is 1.04. The van der Waals surface area contributed by atoms with Gasteiger partial charge in [0.25, 0.3) is 11.8 Å². The Balaban J connectivity index is 1.15. The maximum atomic E-state index is 12.9. The van der Waals surface area contributed by atoms with Crippen molar-refractivity contribution in [2.75, 3.05) is 32.8 Å². The fourth-order valence-electron chi connectivity index (χ4n) is 4.38. The van der Waals surface area contributed by atoms with Crippen molar-refractivity contribution < 1.29 is 14.3 Å². The number of hydrogen-bond donors (Lipinski definition) is 1. The van der Waals surface area contributed by atoms with Gasteiger partial charge in [-0.1, -0.05) is 0 Å². The van der Waals surface area contributed by atoms with E-state index in [0.717, 1.165) is 5.52 Å². The van der Waals surface area contributed by atoms with Gasteiger partial charge in [-0.05, 0) is 42.5 Å². The molecule has 2 atom stereocenters. The van der Waals surface area contributed by atoms with E-state index in [1.165, 1.54) is 0 Å². The predicted octanol–water partition coefficient (Wildman–Crippen LogP) is 1.44. The van der Waals surface area contributed by atoms with E-state index < -0.39 is 0 Å². The molecule has 0 unspecified atom stereocenters. The molecule has 2 fully saturated rings. The number of H-pyrrole nitrogens is 1. The van der Waals surface area contributed by atoms with Gasteiger partial charge in [-0.15, -0.1) is 0 Å². The van der Waals surface area contributed by atoms with Gasteiger partial charge in [-0.3, -0.25) is 9.59 Å². The molecule has 31 heavy (non-hydrogen) atoms. The molecule has 9 nitrogen and oxygen atoms in total. The van der Waals surface area contributed by atoms with Crippen LogP contribution in [0, 0.1) is 23.2 Å². The number of nitrogens with one attached hydrogen (secondary N) is 1. The van der Waals surface area contributed by atoms with Crippen LogP contribution in [0.2, 0.25) is 0 Å². The number of amides is 2. The van der Waals surface area contributed by atoms with Gasteiger partial charge in [0.05, 0.1) is 11.6 Å². The quantitative estimate of drug-likeness (QED) is 0.688. The monoisotopic (exact) mass is 416 g/mol. The summed E-state index contributed by atoms with van der Waals surface area (Å²) in [6.07, 6.45) is 0. The Bertz CT molecular complexity index is 1170. The Labute approximate surface area is 178 Å². The molecule has 2 amide bonds. The van der Waals surface area contributed by atoms with Crippen LogP contribution in [0.15, 0.2) is 42.5 Å². The van der Waals surface area contributed by atoms with Gasteiger partial charge in [-0.2, -0.15) is 20.7 Å². The molecular weight excluding hydrogens is 396 g/mol. The van der Waals surface area contributed by atoms with Crippen LogP contribution in [0.1, 0.15) is 15.9 Å². The molecule has 0 spiro atoms. The van der Waals surface area contributed by atoms with Gasteiger partial charge < -0.3 is 14.5 Å².